The lowest BCUT2D eigenvalue weighted by molar-refractivity contribution is -0.133. The molecule has 19 heavy (non-hydrogen) atoms. The molecule has 4 heteroatoms. The summed E-state index contributed by atoms with van der Waals surface area (Å²) in [5, 5.41) is 8.91. The molecule has 1 rings (SSSR count). The van der Waals surface area contributed by atoms with Gasteiger partial charge < -0.3 is 14.7 Å². The highest BCUT2D eigenvalue weighted by atomic mass is 16.5. The molecule has 0 aromatic heterocycles. The van der Waals surface area contributed by atoms with Crippen LogP contribution in [0.4, 0.5) is 0 Å². The first-order valence-corrected chi connectivity index (χ1v) is 6.28. The maximum atomic E-state index is 11.9. The fourth-order valence-electron chi connectivity index (χ4n) is 1.71. The Labute approximate surface area is 114 Å². The number of rotatable bonds is 7. The molecule has 0 saturated carbocycles. The van der Waals surface area contributed by atoms with Gasteiger partial charge in [0.1, 0.15) is 5.75 Å². The van der Waals surface area contributed by atoms with Gasteiger partial charge in [0.2, 0.25) is 0 Å². The van der Waals surface area contributed by atoms with Gasteiger partial charge >= 0.3 is 0 Å². The van der Waals surface area contributed by atoms with Crippen molar-refractivity contribution in [3.05, 3.63) is 42.0 Å². The minimum Gasteiger partial charge on any atom is -0.483 e. The van der Waals surface area contributed by atoms with E-state index in [9.17, 15) is 4.79 Å². The fourth-order valence-corrected chi connectivity index (χ4v) is 1.71. The summed E-state index contributed by atoms with van der Waals surface area (Å²) < 4.78 is 5.55. The molecule has 0 aliphatic heterocycles. The standard InChI is InChI=1S/C15H21NO3/c1-4-8-16(9-10-17)15(18)11-19-14-7-5-6-12(2)13(14)3/h4-7,17H,1,8-11H2,2-3H3. The van der Waals surface area contributed by atoms with Crippen molar-refractivity contribution >= 4 is 5.91 Å². The van der Waals surface area contributed by atoms with Crippen molar-refractivity contribution in [3.8, 4) is 5.75 Å². The van der Waals surface area contributed by atoms with Crippen molar-refractivity contribution in [2.24, 2.45) is 0 Å². The van der Waals surface area contributed by atoms with Crippen molar-refractivity contribution in [1.82, 2.24) is 4.90 Å². The van der Waals surface area contributed by atoms with Crippen LogP contribution in [0.5, 0.6) is 5.75 Å². The Hall–Kier alpha value is -1.81. The molecule has 0 radical (unpaired) electrons. The molecule has 1 aromatic carbocycles. The quantitative estimate of drug-likeness (QED) is 0.762. The van der Waals surface area contributed by atoms with Gasteiger partial charge in [-0.2, -0.15) is 0 Å². The van der Waals surface area contributed by atoms with Crippen molar-refractivity contribution in [3.63, 3.8) is 0 Å². The number of carbonyl (C=O) groups is 1. The number of carbonyl (C=O) groups excluding carboxylic acids is 1. The molecule has 0 aliphatic rings. The smallest absolute Gasteiger partial charge is 0.260 e. The van der Waals surface area contributed by atoms with Gasteiger partial charge in [-0.15, -0.1) is 6.58 Å². The van der Waals surface area contributed by atoms with Gasteiger partial charge in [-0.3, -0.25) is 4.79 Å². The van der Waals surface area contributed by atoms with Crippen molar-refractivity contribution < 1.29 is 14.6 Å². The second-order valence-corrected chi connectivity index (χ2v) is 4.34. The van der Waals surface area contributed by atoms with Crippen LogP contribution < -0.4 is 4.74 Å². The molecule has 0 bridgehead atoms. The van der Waals surface area contributed by atoms with E-state index in [1.165, 1.54) is 4.90 Å². The number of ether oxygens (including phenoxy) is 1. The van der Waals surface area contributed by atoms with Gasteiger partial charge in [0.25, 0.3) is 5.91 Å². The molecule has 4 nitrogen and oxygen atoms in total. The Morgan fingerprint density at radius 2 is 2.21 bits per heavy atom. The van der Waals surface area contributed by atoms with Crippen molar-refractivity contribution in [2.75, 3.05) is 26.3 Å². The fraction of sp³-hybridized carbons (Fsp3) is 0.400. The Bertz CT molecular complexity index is 443. The van der Waals surface area contributed by atoms with Crippen LogP contribution in [0.1, 0.15) is 11.1 Å². The molecule has 0 saturated heterocycles. The summed E-state index contributed by atoms with van der Waals surface area (Å²) in [5.41, 5.74) is 2.16. The van der Waals surface area contributed by atoms with E-state index in [-0.39, 0.29) is 19.1 Å². The van der Waals surface area contributed by atoms with E-state index < -0.39 is 0 Å². The Kier molecular flexibility index (Phi) is 6.09. The average molecular weight is 263 g/mol. The maximum Gasteiger partial charge on any atom is 0.260 e. The summed E-state index contributed by atoms with van der Waals surface area (Å²) in [7, 11) is 0. The van der Waals surface area contributed by atoms with Crippen LogP contribution in [0.25, 0.3) is 0 Å². The molecular weight excluding hydrogens is 242 g/mol. The minimum atomic E-state index is -0.158. The molecule has 0 atom stereocenters. The largest absolute Gasteiger partial charge is 0.483 e. The van der Waals surface area contributed by atoms with Gasteiger partial charge in [-0.05, 0) is 31.0 Å². The number of aryl methyl sites for hydroxylation is 1. The van der Waals surface area contributed by atoms with Crippen LogP contribution in [0.15, 0.2) is 30.9 Å². The van der Waals surface area contributed by atoms with E-state index in [4.69, 9.17) is 9.84 Å². The lowest BCUT2D eigenvalue weighted by Gasteiger charge is -2.20. The number of aliphatic hydroxyl groups is 1. The molecule has 1 N–H and O–H groups in total. The summed E-state index contributed by atoms with van der Waals surface area (Å²) in [5.74, 6) is 0.561. The molecule has 0 aliphatic carbocycles. The number of hydrogen-bond donors (Lipinski definition) is 1. The molecule has 0 unspecified atom stereocenters. The topological polar surface area (TPSA) is 49.8 Å². The molecular formula is C15H21NO3. The monoisotopic (exact) mass is 263 g/mol. The van der Waals surface area contributed by atoms with Crippen LogP contribution in [-0.4, -0.2) is 42.2 Å². The van der Waals surface area contributed by atoms with E-state index >= 15 is 0 Å². The third-order valence-electron chi connectivity index (χ3n) is 2.98. The van der Waals surface area contributed by atoms with Crippen LogP contribution in [0.2, 0.25) is 0 Å². The Morgan fingerprint density at radius 1 is 1.47 bits per heavy atom. The molecule has 0 spiro atoms. The predicted octanol–water partition coefficient (Wildman–Crippen LogP) is 1.69. The summed E-state index contributed by atoms with van der Waals surface area (Å²) in [6.07, 6.45) is 1.63. The molecule has 104 valence electrons. The second-order valence-electron chi connectivity index (χ2n) is 4.34. The summed E-state index contributed by atoms with van der Waals surface area (Å²) in [6.45, 7) is 8.16. The van der Waals surface area contributed by atoms with E-state index in [1.807, 2.05) is 32.0 Å². The number of hydrogen-bond acceptors (Lipinski definition) is 3. The third kappa shape index (κ3) is 4.41. The maximum absolute atomic E-state index is 11.9. The number of amides is 1. The van der Waals surface area contributed by atoms with E-state index in [1.54, 1.807) is 6.08 Å². The van der Waals surface area contributed by atoms with Gasteiger partial charge in [0, 0.05) is 13.1 Å². The van der Waals surface area contributed by atoms with Gasteiger partial charge in [0.15, 0.2) is 6.61 Å². The zero-order chi connectivity index (χ0) is 14.3. The molecule has 0 fully saturated rings. The Balaban J connectivity index is 2.61. The molecule has 0 heterocycles. The minimum absolute atomic E-state index is 0.0296. The number of aliphatic hydroxyl groups excluding tert-OH is 1. The van der Waals surface area contributed by atoms with Crippen LogP contribution in [-0.2, 0) is 4.79 Å². The normalized spacial score (nSPS) is 10.1. The van der Waals surface area contributed by atoms with Crippen LogP contribution in [0, 0.1) is 13.8 Å². The first-order valence-electron chi connectivity index (χ1n) is 6.28. The predicted molar refractivity (Wildman–Crippen MR) is 75.3 cm³/mol. The summed E-state index contributed by atoms with van der Waals surface area (Å²) in [4.78, 5) is 13.4. The zero-order valence-corrected chi connectivity index (χ0v) is 11.6. The highest BCUT2D eigenvalue weighted by Crippen LogP contribution is 2.20. The first kappa shape index (κ1) is 15.2. The second kappa shape index (κ2) is 7.59. The van der Waals surface area contributed by atoms with E-state index in [0.29, 0.717) is 13.1 Å². The van der Waals surface area contributed by atoms with Crippen molar-refractivity contribution in [1.29, 1.82) is 0 Å². The molecule has 1 aromatic rings. The van der Waals surface area contributed by atoms with Crippen LogP contribution in [0.3, 0.4) is 0 Å². The van der Waals surface area contributed by atoms with Crippen LogP contribution >= 0.6 is 0 Å². The summed E-state index contributed by atoms with van der Waals surface area (Å²) >= 11 is 0. The third-order valence-corrected chi connectivity index (χ3v) is 2.98. The summed E-state index contributed by atoms with van der Waals surface area (Å²) in [6, 6.07) is 5.75. The highest BCUT2D eigenvalue weighted by molar-refractivity contribution is 5.78. The van der Waals surface area contributed by atoms with Gasteiger partial charge in [-0.25, -0.2) is 0 Å². The SMILES string of the molecule is C=CCN(CCO)C(=O)COc1cccc(C)c1C. The Morgan fingerprint density at radius 3 is 2.84 bits per heavy atom. The van der Waals surface area contributed by atoms with E-state index in [0.717, 1.165) is 16.9 Å². The van der Waals surface area contributed by atoms with Gasteiger partial charge in [-0.1, -0.05) is 18.2 Å². The average Bonchev–Trinajstić information content (AvgIpc) is 2.40. The lowest BCUT2D eigenvalue weighted by Crippen LogP contribution is -2.37. The number of nitrogens with zero attached hydrogens (tertiary/aromatic N) is 1. The van der Waals surface area contributed by atoms with Crippen molar-refractivity contribution in [2.45, 2.75) is 13.8 Å². The lowest BCUT2D eigenvalue weighted by atomic mass is 10.1. The first-order chi connectivity index (χ1) is 9.10. The highest BCUT2D eigenvalue weighted by Gasteiger charge is 2.13. The van der Waals surface area contributed by atoms with E-state index in [2.05, 4.69) is 6.58 Å². The zero-order valence-electron chi connectivity index (χ0n) is 11.6. The molecule has 1 amide bonds. The number of benzene rings is 1. The van der Waals surface area contributed by atoms with Gasteiger partial charge in [0.05, 0.1) is 6.61 Å².